The highest BCUT2D eigenvalue weighted by Gasteiger charge is 2.35. The van der Waals surface area contributed by atoms with E-state index < -0.39 is 10.0 Å². The molecule has 2 saturated heterocycles. The Morgan fingerprint density at radius 3 is 2.26 bits per heavy atom. The lowest BCUT2D eigenvalue weighted by molar-refractivity contribution is -0.134. The Bertz CT molecular complexity index is 1750. The maximum Gasteiger partial charge on any atom is 0.255 e. The molecule has 9 heteroatoms. The molecule has 2 heterocycles. The van der Waals surface area contributed by atoms with Gasteiger partial charge in [0.15, 0.2) is 0 Å². The van der Waals surface area contributed by atoms with Gasteiger partial charge in [-0.25, -0.2) is 13.1 Å². The van der Waals surface area contributed by atoms with Crippen molar-refractivity contribution in [3.05, 3.63) is 108 Å². The van der Waals surface area contributed by atoms with E-state index in [0.717, 1.165) is 18.5 Å². The van der Waals surface area contributed by atoms with Gasteiger partial charge < -0.3 is 15.5 Å². The van der Waals surface area contributed by atoms with Crippen LogP contribution in [0.3, 0.4) is 0 Å². The van der Waals surface area contributed by atoms with Gasteiger partial charge in [0.05, 0.1) is 10.9 Å². The molecule has 0 aliphatic carbocycles. The summed E-state index contributed by atoms with van der Waals surface area (Å²) in [5.74, 6) is 0.159. The number of hydrogen-bond donors (Lipinski definition) is 3. The molecule has 2 atom stereocenters. The summed E-state index contributed by atoms with van der Waals surface area (Å²) in [6.45, 7) is 3.66. The van der Waals surface area contributed by atoms with Crippen LogP contribution in [0.15, 0.2) is 95.9 Å². The van der Waals surface area contributed by atoms with E-state index in [1.807, 2.05) is 60.4 Å². The number of amides is 2. The quantitative estimate of drug-likeness (QED) is 0.284. The average Bonchev–Trinajstić information content (AvgIpc) is 3.52. The second-order valence-corrected chi connectivity index (χ2v) is 13.1. The van der Waals surface area contributed by atoms with E-state index >= 15 is 0 Å². The molecule has 4 aromatic rings. The third-order valence-corrected chi connectivity index (χ3v) is 10.2. The first-order valence-corrected chi connectivity index (χ1v) is 16.3. The number of carbonyl (C=O) groups is 2. The van der Waals surface area contributed by atoms with Gasteiger partial charge in [0.1, 0.15) is 0 Å². The Labute approximate surface area is 252 Å². The zero-order chi connectivity index (χ0) is 30.0. The fraction of sp³-hybridized carbons (Fsp3) is 0.294. The number of nitrogens with one attached hydrogen (secondary N) is 3. The summed E-state index contributed by atoms with van der Waals surface area (Å²) in [7, 11) is -3.86. The van der Waals surface area contributed by atoms with Gasteiger partial charge in [-0.2, -0.15) is 0 Å². The van der Waals surface area contributed by atoms with Gasteiger partial charge in [0, 0.05) is 47.7 Å². The van der Waals surface area contributed by atoms with Gasteiger partial charge >= 0.3 is 0 Å². The molecule has 0 aromatic heterocycles. The topological polar surface area (TPSA) is 108 Å². The zero-order valence-electron chi connectivity index (χ0n) is 24.1. The Hall–Kier alpha value is -4.05. The van der Waals surface area contributed by atoms with Crippen LogP contribution in [0.1, 0.15) is 46.7 Å². The number of carbonyl (C=O) groups excluding carboxylic acids is 2. The minimum Gasteiger partial charge on any atom is -0.341 e. The molecule has 8 nitrogen and oxygen atoms in total. The largest absolute Gasteiger partial charge is 0.341 e. The van der Waals surface area contributed by atoms with Gasteiger partial charge in [-0.05, 0) is 61.4 Å². The van der Waals surface area contributed by atoms with Crippen LogP contribution in [-0.2, 0) is 14.8 Å². The molecule has 43 heavy (non-hydrogen) atoms. The monoisotopic (exact) mass is 596 g/mol. The number of sulfonamides is 1. The van der Waals surface area contributed by atoms with Crippen LogP contribution in [-0.4, -0.2) is 56.9 Å². The van der Waals surface area contributed by atoms with Crippen LogP contribution >= 0.6 is 0 Å². The van der Waals surface area contributed by atoms with E-state index in [2.05, 4.69) is 27.5 Å². The molecule has 0 saturated carbocycles. The molecule has 2 amide bonds. The summed E-state index contributed by atoms with van der Waals surface area (Å²) >= 11 is 0. The summed E-state index contributed by atoms with van der Waals surface area (Å²) in [5.41, 5.74) is 3.21. The number of aryl methyl sites for hydroxylation is 1. The van der Waals surface area contributed by atoms with Crippen molar-refractivity contribution in [2.45, 2.75) is 49.1 Å². The minimum atomic E-state index is -3.86. The average molecular weight is 597 g/mol. The van der Waals surface area contributed by atoms with E-state index in [1.54, 1.807) is 30.3 Å². The molecular weight excluding hydrogens is 560 g/mol. The standard InChI is InChI=1S/C34H36N4O4S/c1-23-9-5-6-12-27(23)33(39)36-30-15-16-32(29-14-8-7-13-28(29)30)43(41,42)37-26-17-19-38(20-18-26)34(40)31-21-25(22-35-31)24-10-3-2-4-11-24/h2-16,25-26,31,35,37H,17-22H2,1H3,(H,36,39)/t25-,31+/m0/s1. The van der Waals surface area contributed by atoms with Crippen LogP contribution in [0.25, 0.3) is 10.8 Å². The van der Waals surface area contributed by atoms with Crippen LogP contribution in [0, 0.1) is 6.92 Å². The SMILES string of the molecule is Cc1ccccc1C(=O)Nc1ccc(S(=O)(=O)NC2CCN(C(=O)[C@H]3C[C@H](c4ccccc4)CN3)CC2)c2ccccc12. The first-order chi connectivity index (χ1) is 20.8. The molecule has 0 spiro atoms. The van der Waals surface area contributed by atoms with Gasteiger partial charge in [0.2, 0.25) is 15.9 Å². The molecule has 2 fully saturated rings. The van der Waals surface area contributed by atoms with Crippen LogP contribution < -0.4 is 15.4 Å². The maximum absolute atomic E-state index is 13.6. The number of hydrogen-bond acceptors (Lipinski definition) is 5. The summed E-state index contributed by atoms with van der Waals surface area (Å²) in [4.78, 5) is 28.3. The molecule has 222 valence electrons. The highest BCUT2D eigenvalue weighted by Crippen LogP contribution is 2.31. The predicted molar refractivity (Wildman–Crippen MR) is 169 cm³/mol. The first-order valence-electron chi connectivity index (χ1n) is 14.8. The van der Waals surface area contributed by atoms with Crippen molar-refractivity contribution in [1.29, 1.82) is 0 Å². The smallest absolute Gasteiger partial charge is 0.255 e. The minimum absolute atomic E-state index is 0.0917. The normalized spacial score (nSPS) is 19.4. The lowest BCUT2D eigenvalue weighted by Gasteiger charge is -2.33. The second-order valence-electron chi connectivity index (χ2n) is 11.5. The predicted octanol–water partition coefficient (Wildman–Crippen LogP) is 4.82. The van der Waals surface area contributed by atoms with E-state index in [1.165, 1.54) is 5.56 Å². The summed E-state index contributed by atoms with van der Waals surface area (Å²) in [6, 6.07) is 27.5. The van der Waals surface area contributed by atoms with E-state index in [0.29, 0.717) is 53.9 Å². The number of rotatable bonds is 7. The maximum atomic E-state index is 13.6. The number of fused-ring (bicyclic) bond motifs is 1. The van der Waals surface area contributed by atoms with Gasteiger partial charge in [-0.1, -0.05) is 72.8 Å². The van der Waals surface area contributed by atoms with Crippen LogP contribution in [0.2, 0.25) is 0 Å². The number of anilines is 1. The lowest BCUT2D eigenvalue weighted by atomic mass is 9.95. The fourth-order valence-electron chi connectivity index (χ4n) is 6.26. The van der Waals surface area contributed by atoms with Crippen molar-refractivity contribution in [3.8, 4) is 0 Å². The van der Waals surface area contributed by atoms with E-state index in [9.17, 15) is 18.0 Å². The second kappa shape index (κ2) is 12.3. The molecule has 2 aliphatic heterocycles. The van der Waals surface area contributed by atoms with Crippen molar-refractivity contribution in [3.63, 3.8) is 0 Å². The van der Waals surface area contributed by atoms with Crippen molar-refractivity contribution < 1.29 is 18.0 Å². The van der Waals surface area contributed by atoms with Crippen molar-refractivity contribution in [2.75, 3.05) is 25.0 Å². The highest BCUT2D eigenvalue weighted by atomic mass is 32.2. The number of piperidine rings is 1. The number of nitrogens with zero attached hydrogens (tertiary/aromatic N) is 1. The molecule has 3 N–H and O–H groups in total. The Balaban J connectivity index is 1.10. The third-order valence-electron chi connectivity index (χ3n) is 8.64. The molecule has 6 rings (SSSR count). The molecule has 0 unspecified atom stereocenters. The van der Waals surface area contributed by atoms with E-state index in [4.69, 9.17) is 0 Å². The highest BCUT2D eigenvalue weighted by molar-refractivity contribution is 7.89. The number of benzene rings is 4. The molecule has 4 aromatic carbocycles. The lowest BCUT2D eigenvalue weighted by Crippen LogP contribution is -2.50. The fourth-order valence-corrected chi connectivity index (χ4v) is 7.77. The number of likely N-dealkylation sites (tertiary alicyclic amines) is 1. The zero-order valence-corrected chi connectivity index (χ0v) is 24.9. The van der Waals surface area contributed by atoms with E-state index in [-0.39, 0.29) is 28.8 Å². The first kappa shape index (κ1) is 29.0. The van der Waals surface area contributed by atoms with Crippen molar-refractivity contribution >= 4 is 38.3 Å². The Morgan fingerprint density at radius 1 is 0.837 bits per heavy atom. The van der Waals surface area contributed by atoms with Crippen LogP contribution in [0.5, 0.6) is 0 Å². The van der Waals surface area contributed by atoms with Gasteiger partial charge in [-0.15, -0.1) is 0 Å². The molecule has 2 aliphatic rings. The van der Waals surface area contributed by atoms with Gasteiger partial charge in [0.25, 0.3) is 5.91 Å². The Kier molecular flexibility index (Phi) is 8.30. The molecule has 0 bridgehead atoms. The summed E-state index contributed by atoms with van der Waals surface area (Å²) < 4.78 is 30.1. The summed E-state index contributed by atoms with van der Waals surface area (Å²) in [5, 5.41) is 7.52. The molecular formula is C34H36N4O4S. The summed E-state index contributed by atoms with van der Waals surface area (Å²) in [6.07, 6.45) is 1.86. The molecule has 0 radical (unpaired) electrons. The van der Waals surface area contributed by atoms with Crippen LogP contribution in [0.4, 0.5) is 5.69 Å². The Morgan fingerprint density at radius 2 is 1.51 bits per heavy atom. The van der Waals surface area contributed by atoms with Gasteiger partial charge in [-0.3, -0.25) is 9.59 Å². The van der Waals surface area contributed by atoms with Crippen molar-refractivity contribution in [2.24, 2.45) is 0 Å². The third kappa shape index (κ3) is 6.20. The van der Waals surface area contributed by atoms with Crippen molar-refractivity contribution in [1.82, 2.24) is 14.9 Å².